The number of carbonyl (C=O) groups excluding carboxylic acids is 4. The molecule has 2 saturated heterocycles. The van der Waals surface area contributed by atoms with Gasteiger partial charge in [-0.3, -0.25) is 0 Å². The first-order chi connectivity index (χ1) is 12.4. The maximum Gasteiger partial charge on any atom is 0.331 e. The fourth-order valence-corrected chi connectivity index (χ4v) is 2.42. The van der Waals surface area contributed by atoms with Crippen LogP contribution in [0.1, 0.15) is 0 Å². The van der Waals surface area contributed by atoms with Gasteiger partial charge in [-0.25, -0.2) is 19.2 Å². The highest BCUT2D eigenvalue weighted by atomic mass is 16.7. The first-order valence-electron chi connectivity index (χ1n) is 7.61. The molecule has 0 aromatic rings. The van der Waals surface area contributed by atoms with Crippen molar-refractivity contribution in [3.05, 3.63) is 24.3 Å². The SMILES string of the molecule is COC(=O)/C=C/C(=O)OC1COC2C(OC(=O)/C=C/C(=O)OC)COC12. The predicted octanol–water partition coefficient (Wildman–Crippen LogP) is -0.934. The van der Waals surface area contributed by atoms with Gasteiger partial charge in [-0.2, -0.15) is 0 Å². The van der Waals surface area contributed by atoms with E-state index >= 15 is 0 Å². The van der Waals surface area contributed by atoms with Crippen LogP contribution < -0.4 is 0 Å². The van der Waals surface area contributed by atoms with Crippen LogP contribution in [0.3, 0.4) is 0 Å². The molecule has 26 heavy (non-hydrogen) atoms. The zero-order valence-electron chi connectivity index (χ0n) is 14.1. The molecule has 0 amide bonds. The highest BCUT2D eigenvalue weighted by Gasteiger charge is 2.51. The second-order valence-electron chi connectivity index (χ2n) is 5.26. The predicted molar refractivity (Wildman–Crippen MR) is 81.6 cm³/mol. The van der Waals surface area contributed by atoms with E-state index in [9.17, 15) is 19.2 Å². The molecule has 0 N–H and O–H groups in total. The van der Waals surface area contributed by atoms with E-state index in [-0.39, 0.29) is 13.2 Å². The Morgan fingerprint density at radius 2 is 1.04 bits per heavy atom. The molecule has 2 aliphatic rings. The van der Waals surface area contributed by atoms with Crippen molar-refractivity contribution in [2.75, 3.05) is 27.4 Å². The lowest BCUT2D eigenvalue weighted by Crippen LogP contribution is -2.35. The third-order valence-electron chi connectivity index (χ3n) is 3.61. The molecule has 2 fully saturated rings. The van der Waals surface area contributed by atoms with Crippen molar-refractivity contribution in [2.45, 2.75) is 24.4 Å². The maximum atomic E-state index is 11.7. The van der Waals surface area contributed by atoms with Crippen molar-refractivity contribution >= 4 is 23.9 Å². The lowest BCUT2D eigenvalue weighted by Gasteiger charge is -2.16. The number of esters is 4. The van der Waals surface area contributed by atoms with E-state index in [2.05, 4.69) is 9.47 Å². The van der Waals surface area contributed by atoms with Crippen LogP contribution in [0.15, 0.2) is 24.3 Å². The van der Waals surface area contributed by atoms with Crippen molar-refractivity contribution < 1.29 is 47.6 Å². The Labute approximate surface area is 148 Å². The number of methoxy groups -OCH3 is 2. The van der Waals surface area contributed by atoms with Crippen LogP contribution >= 0.6 is 0 Å². The highest BCUT2D eigenvalue weighted by Crippen LogP contribution is 2.30. The molecule has 2 rings (SSSR count). The van der Waals surface area contributed by atoms with E-state index < -0.39 is 48.3 Å². The molecule has 142 valence electrons. The fourth-order valence-electron chi connectivity index (χ4n) is 2.42. The average Bonchev–Trinajstić information content (AvgIpc) is 3.21. The summed E-state index contributed by atoms with van der Waals surface area (Å²) in [5, 5.41) is 0. The van der Waals surface area contributed by atoms with Crippen LogP contribution in [-0.4, -0.2) is 75.7 Å². The molecule has 10 nitrogen and oxygen atoms in total. The molecular formula is C16H18O10. The Hall–Kier alpha value is -2.72. The van der Waals surface area contributed by atoms with Crippen LogP contribution in [0, 0.1) is 0 Å². The van der Waals surface area contributed by atoms with Crippen LogP contribution in [-0.2, 0) is 47.6 Å². The molecule has 0 bridgehead atoms. The highest BCUT2D eigenvalue weighted by molar-refractivity contribution is 5.92. The van der Waals surface area contributed by atoms with Crippen molar-refractivity contribution in [1.29, 1.82) is 0 Å². The van der Waals surface area contributed by atoms with Gasteiger partial charge in [-0.05, 0) is 0 Å². The molecule has 10 heteroatoms. The van der Waals surface area contributed by atoms with E-state index in [0.29, 0.717) is 0 Å². The van der Waals surface area contributed by atoms with Crippen molar-refractivity contribution in [1.82, 2.24) is 0 Å². The van der Waals surface area contributed by atoms with E-state index in [4.69, 9.17) is 18.9 Å². The van der Waals surface area contributed by atoms with Crippen molar-refractivity contribution in [3.8, 4) is 0 Å². The standard InChI is InChI=1S/C16H18O10/c1-21-11(17)3-5-13(19)25-9-7-23-16-10(8-24-15(9)16)26-14(20)6-4-12(18)22-2/h3-6,9-10,15-16H,7-8H2,1-2H3/b5-3+,6-4+. The molecular weight excluding hydrogens is 352 g/mol. The Bertz CT molecular complexity index is 569. The van der Waals surface area contributed by atoms with Crippen LogP contribution in [0.5, 0.6) is 0 Å². The smallest absolute Gasteiger partial charge is 0.331 e. The minimum atomic E-state index is -0.755. The summed E-state index contributed by atoms with van der Waals surface area (Å²) in [6, 6.07) is 0. The molecule has 0 aromatic heterocycles. The van der Waals surface area contributed by atoms with Gasteiger partial charge in [0.05, 0.1) is 27.4 Å². The molecule has 4 unspecified atom stereocenters. The fraction of sp³-hybridized carbons (Fsp3) is 0.500. The molecule has 2 heterocycles. The van der Waals surface area contributed by atoms with E-state index in [1.54, 1.807) is 0 Å². The molecule has 4 atom stereocenters. The van der Waals surface area contributed by atoms with Gasteiger partial charge >= 0.3 is 23.9 Å². The number of hydrogen-bond acceptors (Lipinski definition) is 10. The van der Waals surface area contributed by atoms with E-state index in [1.165, 1.54) is 14.2 Å². The molecule has 0 aliphatic carbocycles. The summed E-state index contributed by atoms with van der Waals surface area (Å²) in [7, 11) is 2.36. The molecule has 2 aliphatic heterocycles. The van der Waals surface area contributed by atoms with Gasteiger partial charge in [0, 0.05) is 24.3 Å². The second-order valence-corrected chi connectivity index (χ2v) is 5.26. The van der Waals surface area contributed by atoms with Gasteiger partial charge in [0.2, 0.25) is 0 Å². The second kappa shape index (κ2) is 9.11. The summed E-state index contributed by atoms with van der Waals surface area (Å²) in [6.45, 7) is 0.109. The first kappa shape index (κ1) is 19.6. The Morgan fingerprint density at radius 3 is 1.38 bits per heavy atom. The number of hydrogen-bond donors (Lipinski definition) is 0. The first-order valence-corrected chi connectivity index (χ1v) is 7.61. The van der Waals surface area contributed by atoms with Crippen LogP contribution in [0.2, 0.25) is 0 Å². The maximum absolute atomic E-state index is 11.7. The zero-order chi connectivity index (χ0) is 19.1. The molecule has 0 aromatic carbocycles. The van der Waals surface area contributed by atoms with Gasteiger partial charge in [-0.1, -0.05) is 0 Å². The Morgan fingerprint density at radius 1 is 0.692 bits per heavy atom. The summed E-state index contributed by atoms with van der Waals surface area (Å²) in [6.07, 6.45) is 1.12. The quantitative estimate of drug-likeness (QED) is 0.329. The van der Waals surface area contributed by atoms with Crippen LogP contribution in [0.4, 0.5) is 0 Å². The van der Waals surface area contributed by atoms with E-state index in [1.807, 2.05) is 0 Å². The summed E-state index contributed by atoms with van der Waals surface area (Å²) in [4.78, 5) is 45.3. The number of carbonyl (C=O) groups is 4. The summed E-state index contributed by atoms with van der Waals surface area (Å²) in [5.74, 6) is -2.89. The summed E-state index contributed by atoms with van der Waals surface area (Å²) in [5.41, 5.74) is 0. The third-order valence-corrected chi connectivity index (χ3v) is 3.61. The monoisotopic (exact) mass is 370 g/mol. The van der Waals surface area contributed by atoms with Gasteiger partial charge in [0.15, 0.2) is 12.2 Å². The van der Waals surface area contributed by atoms with Gasteiger partial charge < -0.3 is 28.4 Å². The normalized spacial score (nSPS) is 27.3. The number of rotatable bonds is 6. The zero-order valence-corrected chi connectivity index (χ0v) is 14.1. The largest absolute Gasteiger partial charge is 0.466 e. The number of fused-ring (bicyclic) bond motifs is 1. The summed E-state index contributed by atoms with van der Waals surface area (Å²) < 4.78 is 30.0. The minimum Gasteiger partial charge on any atom is -0.466 e. The van der Waals surface area contributed by atoms with Crippen LogP contribution in [0.25, 0.3) is 0 Å². The minimum absolute atomic E-state index is 0.0547. The molecule has 0 saturated carbocycles. The topological polar surface area (TPSA) is 124 Å². The molecule has 0 spiro atoms. The lowest BCUT2D eigenvalue weighted by atomic mass is 10.1. The summed E-state index contributed by atoms with van der Waals surface area (Å²) >= 11 is 0. The Balaban J connectivity index is 1.85. The lowest BCUT2D eigenvalue weighted by molar-refractivity contribution is -0.150. The number of ether oxygens (including phenoxy) is 6. The Kier molecular flexibility index (Phi) is 6.87. The van der Waals surface area contributed by atoms with Crippen molar-refractivity contribution in [2.24, 2.45) is 0 Å². The van der Waals surface area contributed by atoms with E-state index in [0.717, 1.165) is 24.3 Å². The molecule has 0 radical (unpaired) electrons. The average molecular weight is 370 g/mol. The third kappa shape index (κ3) is 5.14. The van der Waals surface area contributed by atoms with Gasteiger partial charge in [-0.15, -0.1) is 0 Å². The van der Waals surface area contributed by atoms with Gasteiger partial charge in [0.1, 0.15) is 12.2 Å². The van der Waals surface area contributed by atoms with Gasteiger partial charge in [0.25, 0.3) is 0 Å². The van der Waals surface area contributed by atoms with Crippen molar-refractivity contribution in [3.63, 3.8) is 0 Å².